The van der Waals surface area contributed by atoms with Crippen LogP contribution in [0.5, 0.6) is 0 Å². The van der Waals surface area contributed by atoms with E-state index in [0.29, 0.717) is 11.3 Å². The number of benzene rings is 1. The lowest BCUT2D eigenvalue weighted by atomic mass is 10.1. The van der Waals surface area contributed by atoms with Gasteiger partial charge in [-0.25, -0.2) is 9.97 Å². The largest absolute Gasteiger partial charge is 0.327 e. The molecule has 1 N–H and O–H groups in total. The van der Waals surface area contributed by atoms with Crippen molar-refractivity contribution in [1.82, 2.24) is 15.0 Å². The van der Waals surface area contributed by atoms with Crippen molar-refractivity contribution < 1.29 is 0 Å². The summed E-state index contributed by atoms with van der Waals surface area (Å²) in [6, 6.07) is 11.0. The van der Waals surface area contributed by atoms with Crippen LogP contribution in [0.4, 0.5) is 0 Å². The second-order valence-electron chi connectivity index (χ2n) is 3.98. The maximum Gasteiger partial charge on any atom is 0.265 e. The fourth-order valence-corrected chi connectivity index (χ4v) is 1.94. The summed E-state index contributed by atoms with van der Waals surface area (Å²) in [5, 5.41) is 9.78. The molecule has 0 aliphatic carbocycles. The number of pyridine rings is 1. The Morgan fingerprint density at radius 1 is 1.21 bits per heavy atom. The molecule has 2 aromatic heterocycles. The molecule has 0 spiro atoms. The molecule has 19 heavy (non-hydrogen) atoms. The molecule has 2 heterocycles. The Hall–Kier alpha value is -3.00. The van der Waals surface area contributed by atoms with E-state index in [2.05, 4.69) is 15.0 Å². The van der Waals surface area contributed by atoms with Crippen molar-refractivity contribution in [2.45, 2.75) is 0 Å². The predicted octanol–water partition coefficient (Wildman–Crippen LogP) is 1.86. The lowest BCUT2D eigenvalue weighted by molar-refractivity contribution is 1.18. The van der Waals surface area contributed by atoms with Crippen LogP contribution in [0.25, 0.3) is 22.2 Å². The smallest absolute Gasteiger partial charge is 0.265 e. The summed E-state index contributed by atoms with van der Waals surface area (Å²) < 4.78 is 0. The van der Waals surface area contributed by atoms with Crippen LogP contribution >= 0.6 is 0 Å². The summed E-state index contributed by atoms with van der Waals surface area (Å²) in [6.45, 7) is 0. The van der Waals surface area contributed by atoms with Crippen molar-refractivity contribution >= 4 is 10.9 Å². The summed E-state index contributed by atoms with van der Waals surface area (Å²) in [5.41, 5.74) is 1.87. The van der Waals surface area contributed by atoms with Gasteiger partial charge in [-0.15, -0.1) is 0 Å². The Labute approximate surface area is 108 Å². The molecule has 0 radical (unpaired) electrons. The average molecular weight is 248 g/mol. The fourth-order valence-electron chi connectivity index (χ4n) is 1.94. The van der Waals surface area contributed by atoms with Crippen LogP contribution < -0.4 is 5.56 Å². The zero-order valence-corrected chi connectivity index (χ0v) is 9.79. The van der Waals surface area contributed by atoms with Crippen molar-refractivity contribution in [2.24, 2.45) is 0 Å². The van der Waals surface area contributed by atoms with E-state index < -0.39 is 5.56 Å². The molecule has 0 amide bonds. The average Bonchev–Trinajstić information content (AvgIpc) is 2.47. The van der Waals surface area contributed by atoms with E-state index in [1.54, 1.807) is 6.20 Å². The van der Waals surface area contributed by atoms with E-state index in [1.165, 1.54) is 12.4 Å². The van der Waals surface area contributed by atoms with E-state index in [0.717, 1.165) is 10.9 Å². The van der Waals surface area contributed by atoms with Crippen molar-refractivity contribution in [3.8, 4) is 17.3 Å². The molecule has 5 heteroatoms. The number of aromatic amines is 1. The van der Waals surface area contributed by atoms with Gasteiger partial charge in [0.25, 0.3) is 5.56 Å². The Kier molecular flexibility index (Phi) is 2.54. The van der Waals surface area contributed by atoms with E-state index in [1.807, 2.05) is 30.3 Å². The topological polar surface area (TPSA) is 82.4 Å². The highest BCUT2D eigenvalue weighted by Crippen LogP contribution is 2.24. The molecule has 0 saturated heterocycles. The Morgan fingerprint density at radius 3 is 2.89 bits per heavy atom. The van der Waals surface area contributed by atoms with Gasteiger partial charge in [0.05, 0.1) is 11.2 Å². The standard InChI is InChI=1S/C14H8N4O/c15-6-9-5-10(7-16-14(9)19)13-11-3-1-2-4-12(11)17-8-18-13/h1-5,7-8H,(H,16,19). The molecule has 3 aromatic rings. The number of para-hydroxylation sites is 1. The number of nitriles is 1. The molecule has 1 aromatic carbocycles. The zero-order valence-electron chi connectivity index (χ0n) is 9.79. The lowest BCUT2D eigenvalue weighted by Crippen LogP contribution is -2.09. The van der Waals surface area contributed by atoms with Gasteiger partial charge in [0.2, 0.25) is 0 Å². The van der Waals surface area contributed by atoms with Crippen LogP contribution in [0.15, 0.2) is 47.7 Å². The normalized spacial score (nSPS) is 10.3. The molecule has 0 saturated carbocycles. The van der Waals surface area contributed by atoms with Gasteiger partial charge in [-0.1, -0.05) is 18.2 Å². The summed E-state index contributed by atoms with van der Waals surface area (Å²) in [7, 11) is 0. The molecule has 5 nitrogen and oxygen atoms in total. The van der Waals surface area contributed by atoms with Gasteiger partial charge in [-0.2, -0.15) is 5.26 Å². The summed E-state index contributed by atoms with van der Waals surface area (Å²) in [6.07, 6.45) is 3.02. The highest BCUT2D eigenvalue weighted by Gasteiger charge is 2.08. The van der Waals surface area contributed by atoms with Crippen LogP contribution in [0.1, 0.15) is 5.56 Å². The molecule has 0 fully saturated rings. The number of fused-ring (bicyclic) bond motifs is 1. The van der Waals surface area contributed by atoms with Gasteiger partial charge in [0.1, 0.15) is 18.0 Å². The number of aromatic nitrogens is 3. The van der Waals surface area contributed by atoms with Crippen LogP contribution in [0.2, 0.25) is 0 Å². The van der Waals surface area contributed by atoms with Crippen LogP contribution in [0.3, 0.4) is 0 Å². The molecule has 0 aliphatic rings. The predicted molar refractivity (Wildman–Crippen MR) is 70.3 cm³/mol. The molecule has 0 atom stereocenters. The second kappa shape index (κ2) is 4.35. The van der Waals surface area contributed by atoms with E-state index >= 15 is 0 Å². The highest BCUT2D eigenvalue weighted by atomic mass is 16.1. The van der Waals surface area contributed by atoms with Gasteiger partial charge in [0.15, 0.2) is 0 Å². The highest BCUT2D eigenvalue weighted by molar-refractivity contribution is 5.91. The Morgan fingerprint density at radius 2 is 2.05 bits per heavy atom. The number of nitrogens with one attached hydrogen (secondary N) is 1. The first-order valence-corrected chi connectivity index (χ1v) is 5.62. The molecule has 0 unspecified atom stereocenters. The van der Waals surface area contributed by atoms with Gasteiger partial charge < -0.3 is 4.98 Å². The van der Waals surface area contributed by atoms with Crippen molar-refractivity contribution in [3.63, 3.8) is 0 Å². The lowest BCUT2D eigenvalue weighted by Gasteiger charge is -2.04. The van der Waals surface area contributed by atoms with Crippen LogP contribution in [0, 0.1) is 11.3 Å². The van der Waals surface area contributed by atoms with Gasteiger partial charge >= 0.3 is 0 Å². The number of H-pyrrole nitrogens is 1. The molecule has 0 aliphatic heterocycles. The third kappa shape index (κ3) is 1.85. The molecule has 3 rings (SSSR count). The van der Waals surface area contributed by atoms with E-state index in [4.69, 9.17) is 5.26 Å². The van der Waals surface area contributed by atoms with Crippen LogP contribution in [-0.2, 0) is 0 Å². The number of rotatable bonds is 1. The van der Waals surface area contributed by atoms with Crippen molar-refractivity contribution in [1.29, 1.82) is 5.26 Å². The fraction of sp³-hybridized carbons (Fsp3) is 0. The minimum Gasteiger partial charge on any atom is -0.327 e. The first kappa shape index (κ1) is 11.1. The maximum absolute atomic E-state index is 11.4. The van der Waals surface area contributed by atoms with Crippen molar-refractivity contribution in [2.75, 3.05) is 0 Å². The summed E-state index contributed by atoms with van der Waals surface area (Å²) >= 11 is 0. The monoisotopic (exact) mass is 248 g/mol. The van der Waals surface area contributed by atoms with Gasteiger partial charge in [-0.05, 0) is 12.1 Å². The molecule has 0 bridgehead atoms. The minimum absolute atomic E-state index is 0.0696. The Bertz CT molecular complexity index is 856. The third-order valence-electron chi connectivity index (χ3n) is 2.84. The molecular weight excluding hydrogens is 240 g/mol. The van der Waals surface area contributed by atoms with E-state index in [9.17, 15) is 4.79 Å². The molecular formula is C14H8N4O. The first-order valence-electron chi connectivity index (χ1n) is 5.62. The minimum atomic E-state index is -0.399. The summed E-state index contributed by atoms with van der Waals surface area (Å²) in [5.74, 6) is 0. The maximum atomic E-state index is 11.4. The Balaban J connectivity index is 2.31. The quantitative estimate of drug-likeness (QED) is 0.712. The van der Waals surface area contributed by atoms with E-state index in [-0.39, 0.29) is 5.56 Å². The number of nitrogens with zero attached hydrogens (tertiary/aromatic N) is 3. The number of hydrogen-bond donors (Lipinski definition) is 1. The summed E-state index contributed by atoms with van der Waals surface area (Å²) in [4.78, 5) is 22.3. The van der Waals surface area contributed by atoms with Crippen LogP contribution in [-0.4, -0.2) is 15.0 Å². The molecule has 90 valence electrons. The van der Waals surface area contributed by atoms with Crippen molar-refractivity contribution in [3.05, 3.63) is 58.8 Å². The second-order valence-corrected chi connectivity index (χ2v) is 3.98. The zero-order chi connectivity index (χ0) is 13.2. The number of hydrogen-bond acceptors (Lipinski definition) is 4. The van der Waals surface area contributed by atoms with Gasteiger partial charge in [-0.3, -0.25) is 4.79 Å². The third-order valence-corrected chi connectivity index (χ3v) is 2.84. The first-order chi connectivity index (χ1) is 9.29. The van der Waals surface area contributed by atoms with Gasteiger partial charge in [0, 0.05) is 17.1 Å². The SMILES string of the molecule is N#Cc1cc(-c2ncnc3ccccc23)c[nH]c1=O.